The summed E-state index contributed by atoms with van der Waals surface area (Å²) in [7, 11) is 0. The van der Waals surface area contributed by atoms with Gasteiger partial charge in [0.1, 0.15) is 6.04 Å². The molecule has 2 amide bonds. The summed E-state index contributed by atoms with van der Waals surface area (Å²) in [4.78, 5) is 38.0. The number of nitrogens with zero attached hydrogens (tertiary/aromatic N) is 1. The van der Waals surface area contributed by atoms with Gasteiger partial charge in [0.25, 0.3) is 5.91 Å². The molecule has 2 aliphatic rings. The second kappa shape index (κ2) is 5.63. The van der Waals surface area contributed by atoms with Crippen LogP contribution in [0.5, 0.6) is 0 Å². The summed E-state index contributed by atoms with van der Waals surface area (Å²) in [6.45, 7) is 7.46. The Kier molecular flexibility index (Phi) is 4.33. The normalized spacial score (nSPS) is 24.8. The van der Waals surface area contributed by atoms with Crippen molar-refractivity contribution in [1.29, 1.82) is 0 Å². The zero-order valence-electron chi connectivity index (χ0n) is 13.7. The topological polar surface area (TPSA) is 66.5 Å². The second-order valence-corrected chi connectivity index (χ2v) is 7.54. The Morgan fingerprint density at radius 3 is 2.32 bits per heavy atom. The molecule has 2 fully saturated rings. The highest BCUT2D eigenvalue weighted by molar-refractivity contribution is 5.95. The maximum Gasteiger partial charge on any atom is 0.258 e. The summed E-state index contributed by atoms with van der Waals surface area (Å²) >= 11 is 0. The van der Waals surface area contributed by atoms with Crippen molar-refractivity contribution in [3.8, 4) is 0 Å². The zero-order valence-corrected chi connectivity index (χ0v) is 13.7. The zero-order chi connectivity index (χ0) is 16.7. The molecule has 1 N–H and O–H groups in total. The first-order chi connectivity index (χ1) is 10.1. The average molecular weight is 312 g/mol. The van der Waals surface area contributed by atoms with E-state index in [1.807, 2.05) is 20.8 Å². The number of likely N-dealkylation sites (tertiary alicyclic amines) is 1. The predicted molar refractivity (Wildman–Crippen MR) is 79.9 cm³/mol. The van der Waals surface area contributed by atoms with E-state index in [9.17, 15) is 18.8 Å². The Morgan fingerprint density at radius 2 is 1.86 bits per heavy atom. The van der Waals surface area contributed by atoms with E-state index in [0.717, 1.165) is 6.42 Å². The highest BCUT2D eigenvalue weighted by Crippen LogP contribution is 2.40. The van der Waals surface area contributed by atoms with E-state index in [1.54, 1.807) is 0 Å². The third-order valence-corrected chi connectivity index (χ3v) is 4.49. The number of hydrogen-bond acceptors (Lipinski definition) is 3. The molecule has 0 radical (unpaired) electrons. The fraction of sp³-hybridized carbons (Fsp3) is 0.812. The monoisotopic (exact) mass is 312 g/mol. The summed E-state index contributed by atoms with van der Waals surface area (Å²) in [6.07, 6.45) is 1.85. The first-order valence-electron chi connectivity index (χ1n) is 7.87. The van der Waals surface area contributed by atoms with Crippen LogP contribution in [0.25, 0.3) is 0 Å². The molecule has 6 heteroatoms. The number of carbonyl (C=O) groups excluding carboxylic acids is 3. The third-order valence-electron chi connectivity index (χ3n) is 4.49. The molecule has 5 nitrogen and oxygen atoms in total. The molecule has 0 aromatic heterocycles. The maximum absolute atomic E-state index is 13.9. The summed E-state index contributed by atoms with van der Waals surface area (Å²) in [5, 5.41) is 2.58. The molecule has 0 bridgehead atoms. The summed E-state index contributed by atoms with van der Waals surface area (Å²) in [6, 6.07) is -1.25. The maximum atomic E-state index is 13.9. The van der Waals surface area contributed by atoms with Crippen molar-refractivity contribution in [2.45, 2.75) is 71.1 Å². The SMILES string of the molecule is CC(=O)[C@@H]1CCCN1C(=O)[C@@H](NC(=O)C1(F)CC1)C(C)(C)C. The lowest BCUT2D eigenvalue weighted by Gasteiger charge is -2.35. The van der Waals surface area contributed by atoms with Crippen LogP contribution >= 0.6 is 0 Å². The van der Waals surface area contributed by atoms with E-state index < -0.39 is 29.1 Å². The number of amides is 2. The molecular weight excluding hydrogens is 287 g/mol. The van der Waals surface area contributed by atoms with Gasteiger partial charge >= 0.3 is 0 Å². The van der Waals surface area contributed by atoms with Gasteiger partial charge in [-0.15, -0.1) is 0 Å². The minimum atomic E-state index is -1.81. The van der Waals surface area contributed by atoms with Gasteiger partial charge in [-0.25, -0.2) is 4.39 Å². The van der Waals surface area contributed by atoms with Crippen LogP contribution in [0.4, 0.5) is 4.39 Å². The predicted octanol–water partition coefficient (Wildman–Crippen LogP) is 1.60. The summed E-state index contributed by atoms with van der Waals surface area (Å²) < 4.78 is 13.9. The molecule has 22 heavy (non-hydrogen) atoms. The number of alkyl halides is 1. The van der Waals surface area contributed by atoms with E-state index >= 15 is 0 Å². The molecule has 124 valence electrons. The van der Waals surface area contributed by atoms with Gasteiger partial charge in [0.2, 0.25) is 5.91 Å². The van der Waals surface area contributed by atoms with Gasteiger partial charge in [-0.05, 0) is 38.0 Å². The molecule has 1 saturated heterocycles. The molecule has 1 heterocycles. The molecule has 2 atom stereocenters. The molecule has 0 unspecified atom stereocenters. The molecule has 0 aromatic carbocycles. The second-order valence-electron chi connectivity index (χ2n) is 7.54. The Hall–Kier alpha value is -1.46. The lowest BCUT2D eigenvalue weighted by atomic mass is 9.85. The number of ketones is 1. The molecular formula is C16H25FN2O3. The molecule has 1 saturated carbocycles. The van der Waals surface area contributed by atoms with Crippen LogP contribution in [-0.4, -0.2) is 46.8 Å². The van der Waals surface area contributed by atoms with E-state index in [-0.39, 0.29) is 24.5 Å². The largest absolute Gasteiger partial charge is 0.341 e. The number of nitrogens with one attached hydrogen (secondary N) is 1. The standard InChI is InChI=1S/C16H25FN2O3/c1-10(20)11-6-5-9-19(11)13(21)12(15(2,3)4)18-14(22)16(17)7-8-16/h11-12H,5-9H2,1-4H3,(H,18,22)/t11-,12+/m0/s1. The first-order valence-corrected chi connectivity index (χ1v) is 7.87. The Morgan fingerprint density at radius 1 is 1.27 bits per heavy atom. The number of Topliss-reactive ketones (excluding diaryl/α,β-unsaturated/α-hetero) is 1. The highest BCUT2D eigenvalue weighted by Gasteiger charge is 2.53. The van der Waals surface area contributed by atoms with Crippen LogP contribution < -0.4 is 5.32 Å². The van der Waals surface area contributed by atoms with Gasteiger partial charge in [-0.2, -0.15) is 0 Å². The minimum absolute atomic E-state index is 0.0472. The highest BCUT2D eigenvalue weighted by atomic mass is 19.1. The first kappa shape index (κ1) is 16.9. The average Bonchev–Trinajstić information content (AvgIpc) is 2.97. The molecule has 0 spiro atoms. The van der Waals surface area contributed by atoms with Crippen LogP contribution in [0.3, 0.4) is 0 Å². The minimum Gasteiger partial charge on any atom is -0.341 e. The summed E-state index contributed by atoms with van der Waals surface area (Å²) in [5.74, 6) is -1.05. The van der Waals surface area contributed by atoms with Gasteiger partial charge in [0, 0.05) is 6.54 Å². The van der Waals surface area contributed by atoms with Crippen molar-refractivity contribution in [1.82, 2.24) is 10.2 Å². The fourth-order valence-electron chi connectivity index (χ4n) is 2.86. The summed E-state index contributed by atoms with van der Waals surface area (Å²) in [5.41, 5.74) is -2.36. The number of carbonyl (C=O) groups is 3. The fourth-order valence-corrected chi connectivity index (χ4v) is 2.86. The molecule has 1 aliphatic carbocycles. The molecule has 2 rings (SSSR count). The van der Waals surface area contributed by atoms with Gasteiger partial charge < -0.3 is 10.2 Å². The third kappa shape index (κ3) is 3.31. The van der Waals surface area contributed by atoms with Crippen LogP contribution in [0.1, 0.15) is 53.4 Å². The molecule has 0 aromatic rings. The van der Waals surface area contributed by atoms with Crippen molar-refractivity contribution in [3.05, 3.63) is 0 Å². The van der Waals surface area contributed by atoms with Crippen LogP contribution in [0.2, 0.25) is 0 Å². The van der Waals surface area contributed by atoms with Gasteiger partial charge in [-0.1, -0.05) is 20.8 Å². The lowest BCUT2D eigenvalue weighted by Crippen LogP contribution is -2.58. The molecule has 1 aliphatic heterocycles. The number of rotatable bonds is 4. The van der Waals surface area contributed by atoms with E-state index in [4.69, 9.17) is 0 Å². The van der Waals surface area contributed by atoms with Crippen LogP contribution in [-0.2, 0) is 14.4 Å². The van der Waals surface area contributed by atoms with Crippen molar-refractivity contribution in [2.24, 2.45) is 5.41 Å². The van der Waals surface area contributed by atoms with Gasteiger partial charge in [-0.3, -0.25) is 14.4 Å². The lowest BCUT2D eigenvalue weighted by molar-refractivity contribution is -0.144. The van der Waals surface area contributed by atoms with Gasteiger partial charge in [0.15, 0.2) is 11.5 Å². The quantitative estimate of drug-likeness (QED) is 0.857. The van der Waals surface area contributed by atoms with Crippen molar-refractivity contribution in [3.63, 3.8) is 0 Å². The Bertz CT molecular complexity index is 494. The van der Waals surface area contributed by atoms with E-state index in [0.29, 0.717) is 13.0 Å². The Balaban J connectivity index is 2.16. The van der Waals surface area contributed by atoms with Crippen molar-refractivity contribution >= 4 is 17.6 Å². The van der Waals surface area contributed by atoms with Gasteiger partial charge in [0.05, 0.1) is 6.04 Å². The van der Waals surface area contributed by atoms with Crippen molar-refractivity contribution in [2.75, 3.05) is 6.54 Å². The van der Waals surface area contributed by atoms with Crippen LogP contribution in [0.15, 0.2) is 0 Å². The van der Waals surface area contributed by atoms with E-state index in [2.05, 4.69) is 5.32 Å². The number of halogens is 1. The van der Waals surface area contributed by atoms with E-state index in [1.165, 1.54) is 11.8 Å². The van der Waals surface area contributed by atoms with Crippen LogP contribution in [0, 0.1) is 5.41 Å². The Labute approximate surface area is 130 Å². The smallest absolute Gasteiger partial charge is 0.258 e. The van der Waals surface area contributed by atoms with Crippen molar-refractivity contribution < 1.29 is 18.8 Å². The number of hydrogen-bond donors (Lipinski definition) is 1.